The average Bonchev–Trinajstić information content (AvgIpc) is 2.30. The van der Waals surface area contributed by atoms with Crippen molar-refractivity contribution in [2.75, 3.05) is 5.32 Å². The largest absolute Gasteiger partial charge is 0.326 e. The van der Waals surface area contributed by atoms with Gasteiger partial charge in [0, 0.05) is 23.2 Å². The molecular formula is C14H13Cl2NO. The second-order valence-corrected chi connectivity index (χ2v) is 4.17. The Balaban J connectivity index is 0.00000162. The summed E-state index contributed by atoms with van der Waals surface area (Å²) in [6.45, 7) is 1.50. The quantitative estimate of drug-likeness (QED) is 0.869. The van der Waals surface area contributed by atoms with Crippen molar-refractivity contribution in [1.82, 2.24) is 0 Å². The van der Waals surface area contributed by atoms with Crippen LogP contribution in [0.2, 0.25) is 5.02 Å². The van der Waals surface area contributed by atoms with E-state index in [4.69, 9.17) is 11.6 Å². The van der Waals surface area contributed by atoms with Gasteiger partial charge in [-0.3, -0.25) is 4.79 Å². The molecule has 0 aliphatic carbocycles. The molecule has 2 nitrogen and oxygen atoms in total. The molecule has 2 rings (SSSR count). The Bertz CT molecular complexity index is 538. The van der Waals surface area contributed by atoms with Gasteiger partial charge in [-0.05, 0) is 23.8 Å². The zero-order chi connectivity index (χ0) is 12.3. The van der Waals surface area contributed by atoms with Crippen LogP contribution in [-0.4, -0.2) is 5.91 Å². The van der Waals surface area contributed by atoms with E-state index in [-0.39, 0.29) is 18.3 Å². The van der Waals surface area contributed by atoms with Crippen molar-refractivity contribution in [3.8, 4) is 11.1 Å². The lowest BCUT2D eigenvalue weighted by Gasteiger charge is -2.09. The summed E-state index contributed by atoms with van der Waals surface area (Å²) in [7, 11) is 0. The molecule has 1 N–H and O–H groups in total. The van der Waals surface area contributed by atoms with Crippen molar-refractivity contribution >= 4 is 35.6 Å². The number of amides is 1. The number of para-hydroxylation sites is 1. The van der Waals surface area contributed by atoms with E-state index in [9.17, 15) is 4.79 Å². The van der Waals surface area contributed by atoms with Crippen molar-refractivity contribution in [2.24, 2.45) is 0 Å². The fraction of sp³-hybridized carbons (Fsp3) is 0.0714. The van der Waals surface area contributed by atoms with E-state index in [1.54, 1.807) is 0 Å². The summed E-state index contributed by atoms with van der Waals surface area (Å²) in [5.41, 5.74) is 2.82. The van der Waals surface area contributed by atoms with Crippen LogP contribution in [-0.2, 0) is 4.79 Å². The summed E-state index contributed by atoms with van der Waals surface area (Å²) in [6, 6.07) is 15.2. The molecule has 0 fully saturated rings. The van der Waals surface area contributed by atoms with E-state index in [0.29, 0.717) is 5.02 Å². The molecule has 0 heterocycles. The molecule has 0 aliphatic rings. The molecule has 4 heteroatoms. The lowest BCUT2D eigenvalue weighted by atomic mass is 10.0. The monoisotopic (exact) mass is 281 g/mol. The highest BCUT2D eigenvalue weighted by Gasteiger charge is 2.05. The minimum atomic E-state index is -0.0774. The third-order valence-corrected chi connectivity index (χ3v) is 2.64. The lowest BCUT2D eigenvalue weighted by Crippen LogP contribution is -2.06. The van der Waals surface area contributed by atoms with Gasteiger partial charge in [-0.2, -0.15) is 0 Å². The average molecular weight is 282 g/mol. The number of nitrogens with one attached hydrogen (secondary N) is 1. The van der Waals surface area contributed by atoms with Crippen LogP contribution in [0, 0.1) is 0 Å². The Morgan fingerprint density at radius 3 is 2.28 bits per heavy atom. The Labute approximate surface area is 117 Å². The molecule has 0 aliphatic heterocycles. The van der Waals surface area contributed by atoms with E-state index in [1.807, 2.05) is 48.5 Å². The maximum atomic E-state index is 11.1. The first-order chi connectivity index (χ1) is 8.16. The highest BCUT2D eigenvalue weighted by molar-refractivity contribution is 6.30. The molecule has 2 aromatic carbocycles. The zero-order valence-corrected chi connectivity index (χ0v) is 11.4. The van der Waals surface area contributed by atoms with Gasteiger partial charge in [0.25, 0.3) is 0 Å². The molecule has 0 radical (unpaired) electrons. The molecule has 0 aromatic heterocycles. The number of carbonyl (C=O) groups excluding carboxylic acids is 1. The molecule has 18 heavy (non-hydrogen) atoms. The predicted molar refractivity (Wildman–Crippen MR) is 78.4 cm³/mol. The summed E-state index contributed by atoms with van der Waals surface area (Å²) in [5, 5.41) is 3.51. The predicted octanol–water partition coefficient (Wildman–Crippen LogP) is 4.39. The molecule has 0 saturated heterocycles. The highest BCUT2D eigenvalue weighted by Crippen LogP contribution is 2.28. The first-order valence-electron chi connectivity index (χ1n) is 5.29. The van der Waals surface area contributed by atoms with Crippen LogP contribution < -0.4 is 5.32 Å². The Morgan fingerprint density at radius 1 is 1.06 bits per heavy atom. The molecule has 0 atom stereocenters. The van der Waals surface area contributed by atoms with E-state index >= 15 is 0 Å². The lowest BCUT2D eigenvalue weighted by molar-refractivity contribution is -0.114. The summed E-state index contributed by atoms with van der Waals surface area (Å²) in [6.07, 6.45) is 0. The van der Waals surface area contributed by atoms with Crippen molar-refractivity contribution < 1.29 is 4.79 Å². The number of hydrogen-bond donors (Lipinski definition) is 1. The van der Waals surface area contributed by atoms with Gasteiger partial charge >= 0.3 is 0 Å². The van der Waals surface area contributed by atoms with Gasteiger partial charge in [0.2, 0.25) is 5.91 Å². The Morgan fingerprint density at radius 2 is 1.67 bits per heavy atom. The van der Waals surface area contributed by atoms with Gasteiger partial charge in [-0.1, -0.05) is 41.9 Å². The summed E-state index contributed by atoms with van der Waals surface area (Å²) in [4.78, 5) is 11.1. The second kappa shape index (κ2) is 6.43. The summed E-state index contributed by atoms with van der Waals surface area (Å²) < 4.78 is 0. The van der Waals surface area contributed by atoms with Crippen LogP contribution in [0.25, 0.3) is 11.1 Å². The number of halogens is 2. The number of carbonyl (C=O) groups is 1. The van der Waals surface area contributed by atoms with Gasteiger partial charge in [-0.15, -0.1) is 12.4 Å². The molecule has 2 aromatic rings. The Kier molecular flexibility index (Phi) is 5.20. The van der Waals surface area contributed by atoms with E-state index < -0.39 is 0 Å². The van der Waals surface area contributed by atoms with Gasteiger partial charge in [0.15, 0.2) is 0 Å². The smallest absolute Gasteiger partial charge is 0.221 e. The molecular weight excluding hydrogens is 269 g/mol. The third kappa shape index (κ3) is 3.49. The zero-order valence-electron chi connectivity index (χ0n) is 9.81. The first kappa shape index (κ1) is 14.6. The van der Waals surface area contributed by atoms with Gasteiger partial charge in [-0.25, -0.2) is 0 Å². The van der Waals surface area contributed by atoms with Crippen molar-refractivity contribution in [3.63, 3.8) is 0 Å². The minimum absolute atomic E-state index is 0. The number of benzene rings is 2. The normalized spacial score (nSPS) is 9.44. The van der Waals surface area contributed by atoms with Crippen LogP contribution in [0.1, 0.15) is 6.92 Å². The van der Waals surface area contributed by atoms with Gasteiger partial charge in [0.05, 0.1) is 0 Å². The maximum absolute atomic E-state index is 11.1. The fourth-order valence-electron chi connectivity index (χ4n) is 1.66. The van der Waals surface area contributed by atoms with E-state index in [1.165, 1.54) is 6.92 Å². The van der Waals surface area contributed by atoms with Crippen molar-refractivity contribution in [2.45, 2.75) is 6.92 Å². The molecule has 0 unspecified atom stereocenters. The van der Waals surface area contributed by atoms with Crippen molar-refractivity contribution in [1.29, 1.82) is 0 Å². The molecule has 1 amide bonds. The van der Waals surface area contributed by atoms with E-state index in [2.05, 4.69) is 5.32 Å². The molecule has 0 spiro atoms. The standard InChI is InChI=1S/C14H12ClNO.ClH/c1-10(17)16-14-5-3-2-4-13(14)11-6-8-12(15)9-7-11;/h2-9H,1H3,(H,16,17);1H. The van der Waals surface area contributed by atoms with Gasteiger partial charge < -0.3 is 5.32 Å². The second-order valence-electron chi connectivity index (χ2n) is 3.73. The van der Waals surface area contributed by atoms with Crippen LogP contribution in [0.4, 0.5) is 5.69 Å². The molecule has 0 saturated carbocycles. The number of rotatable bonds is 2. The van der Waals surface area contributed by atoms with Gasteiger partial charge in [0.1, 0.15) is 0 Å². The van der Waals surface area contributed by atoms with Crippen LogP contribution in [0.5, 0.6) is 0 Å². The SMILES string of the molecule is CC(=O)Nc1ccccc1-c1ccc(Cl)cc1.Cl. The first-order valence-corrected chi connectivity index (χ1v) is 5.67. The summed E-state index contributed by atoms with van der Waals surface area (Å²) in [5.74, 6) is -0.0774. The topological polar surface area (TPSA) is 29.1 Å². The highest BCUT2D eigenvalue weighted by atomic mass is 35.5. The van der Waals surface area contributed by atoms with Crippen LogP contribution >= 0.6 is 24.0 Å². The summed E-state index contributed by atoms with van der Waals surface area (Å²) >= 11 is 5.85. The minimum Gasteiger partial charge on any atom is -0.326 e. The maximum Gasteiger partial charge on any atom is 0.221 e. The van der Waals surface area contributed by atoms with Crippen molar-refractivity contribution in [3.05, 3.63) is 53.6 Å². The van der Waals surface area contributed by atoms with E-state index in [0.717, 1.165) is 16.8 Å². The number of hydrogen-bond acceptors (Lipinski definition) is 1. The fourth-order valence-corrected chi connectivity index (χ4v) is 1.79. The molecule has 0 bridgehead atoms. The van der Waals surface area contributed by atoms with Crippen LogP contribution in [0.15, 0.2) is 48.5 Å². The van der Waals surface area contributed by atoms with Crippen LogP contribution in [0.3, 0.4) is 0 Å². The Hall–Kier alpha value is -1.51. The number of anilines is 1. The third-order valence-electron chi connectivity index (χ3n) is 2.39. The molecule has 94 valence electrons.